The third-order valence-electron chi connectivity index (χ3n) is 2.28. The molecule has 1 rings (SSSR count). The van der Waals surface area contributed by atoms with Gasteiger partial charge in [0.05, 0.1) is 0 Å². The fraction of sp³-hybridized carbons (Fsp3) is 0.333. The first kappa shape index (κ1) is 13.5. The number of carbonyl (C=O) groups is 2. The third-order valence-corrected chi connectivity index (χ3v) is 2.52. The second-order valence-corrected chi connectivity index (χ2v) is 4.08. The Morgan fingerprint density at radius 1 is 1.47 bits per heavy atom. The lowest BCUT2D eigenvalue weighted by molar-refractivity contribution is -0.141. The van der Waals surface area contributed by atoms with Gasteiger partial charge in [-0.25, -0.2) is 4.79 Å². The second kappa shape index (κ2) is 6.25. The normalized spacial score (nSPS) is 11.9. The van der Waals surface area contributed by atoms with Crippen LogP contribution in [0.25, 0.3) is 0 Å². The lowest BCUT2D eigenvalue weighted by atomic mass is 10.1. The molecule has 1 amide bonds. The Hall–Kier alpha value is -1.55. The van der Waals surface area contributed by atoms with Gasteiger partial charge >= 0.3 is 5.97 Å². The molecule has 0 radical (unpaired) electrons. The molecule has 4 nitrogen and oxygen atoms in total. The zero-order chi connectivity index (χ0) is 12.8. The molecule has 0 heterocycles. The van der Waals surface area contributed by atoms with E-state index in [1.54, 1.807) is 31.2 Å². The third kappa shape index (κ3) is 4.44. The van der Waals surface area contributed by atoms with Crippen molar-refractivity contribution in [3.05, 3.63) is 34.9 Å². The quantitative estimate of drug-likeness (QED) is 0.844. The van der Waals surface area contributed by atoms with Crippen LogP contribution < -0.4 is 5.32 Å². The van der Waals surface area contributed by atoms with Gasteiger partial charge in [-0.15, -0.1) is 0 Å². The summed E-state index contributed by atoms with van der Waals surface area (Å²) in [5.41, 5.74) is 0.779. The number of nitrogens with one attached hydrogen (secondary N) is 1. The highest BCUT2D eigenvalue weighted by Gasteiger charge is 2.19. The number of aliphatic carboxylic acids is 1. The predicted octanol–water partition coefficient (Wildman–Crippen LogP) is 1.86. The Bertz CT molecular complexity index is 420. The highest BCUT2D eigenvalue weighted by atomic mass is 35.5. The van der Waals surface area contributed by atoms with Crippen molar-refractivity contribution >= 4 is 23.5 Å². The number of hydrogen-bond donors (Lipinski definition) is 2. The van der Waals surface area contributed by atoms with Crippen molar-refractivity contribution in [3.8, 4) is 0 Å². The summed E-state index contributed by atoms with van der Waals surface area (Å²) in [6.07, 6.45) is 0.487. The molecular weight excluding hydrogens is 242 g/mol. The molecule has 0 fully saturated rings. The van der Waals surface area contributed by atoms with E-state index in [0.29, 0.717) is 5.02 Å². The Morgan fingerprint density at radius 3 is 2.71 bits per heavy atom. The zero-order valence-corrected chi connectivity index (χ0v) is 10.2. The summed E-state index contributed by atoms with van der Waals surface area (Å²) in [6, 6.07) is 6.01. The van der Waals surface area contributed by atoms with Gasteiger partial charge in [-0.1, -0.05) is 30.7 Å². The fourth-order valence-corrected chi connectivity index (χ4v) is 1.61. The van der Waals surface area contributed by atoms with Crippen LogP contribution in [0, 0.1) is 0 Å². The summed E-state index contributed by atoms with van der Waals surface area (Å²) < 4.78 is 0. The van der Waals surface area contributed by atoms with E-state index in [2.05, 4.69) is 5.32 Å². The first-order valence-corrected chi connectivity index (χ1v) is 5.67. The molecule has 92 valence electrons. The molecule has 0 saturated carbocycles. The van der Waals surface area contributed by atoms with Gasteiger partial charge in [-0.2, -0.15) is 0 Å². The van der Waals surface area contributed by atoms with Crippen LogP contribution in [0.15, 0.2) is 24.3 Å². The molecule has 0 aliphatic rings. The average molecular weight is 256 g/mol. The highest BCUT2D eigenvalue weighted by molar-refractivity contribution is 6.30. The SMILES string of the molecule is CCC(=O)NC(Cc1cccc(Cl)c1)C(=O)O. The number of carbonyl (C=O) groups excluding carboxylic acids is 1. The van der Waals surface area contributed by atoms with Crippen molar-refractivity contribution in [2.75, 3.05) is 0 Å². The summed E-state index contributed by atoms with van der Waals surface area (Å²) >= 11 is 5.81. The van der Waals surface area contributed by atoms with Gasteiger partial charge in [-0.3, -0.25) is 4.79 Å². The lowest BCUT2D eigenvalue weighted by Crippen LogP contribution is -2.42. The number of carboxylic acid groups (broad SMARTS) is 1. The molecule has 0 bridgehead atoms. The number of rotatable bonds is 5. The summed E-state index contributed by atoms with van der Waals surface area (Å²) in [7, 11) is 0. The first-order chi connectivity index (χ1) is 8.02. The van der Waals surface area contributed by atoms with E-state index in [4.69, 9.17) is 16.7 Å². The molecule has 0 aliphatic carbocycles. The Kier molecular flexibility index (Phi) is 4.97. The molecule has 0 spiro atoms. The number of hydrogen-bond acceptors (Lipinski definition) is 2. The Labute approximate surface area is 105 Å². The van der Waals surface area contributed by atoms with Gasteiger partial charge in [0.25, 0.3) is 0 Å². The molecule has 5 heteroatoms. The van der Waals surface area contributed by atoms with E-state index in [-0.39, 0.29) is 18.7 Å². The minimum Gasteiger partial charge on any atom is -0.480 e. The average Bonchev–Trinajstić information content (AvgIpc) is 2.27. The monoisotopic (exact) mass is 255 g/mol. The maximum absolute atomic E-state index is 11.2. The van der Waals surface area contributed by atoms with E-state index in [1.807, 2.05) is 0 Å². The van der Waals surface area contributed by atoms with Crippen LogP contribution >= 0.6 is 11.6 Å². The summed E-state index contributed by atoms with van der Waals surface area (Å²) in [6.45, 7) is 1.67. The van der Waals surface area contributed by atoms with Crippen LogP contribution in [-0.4, -0.2) is 23.0 Å². The van der Waals surface area contributed by atoms with Crippen LogP contribution in [0.4, 0.5) is 0 Å². The molecule has 2 N–H and O–H groups in total. The lowest BCUT2D eigenvalue weighted by Gasteiger charge is -2.14. The minimum atomic E-state index is -1.05. The summed E-state index contributed by atoms with van der Waals surface area (Å²) in [5, 5.41) is 12.0. The van der Waals surface area contributed by atoms with Crippen molar-refractivity contribution in [1.29, 1.82) is 0 Å². The number of halogens is 1. The minimum absolute atomic E-state index is 0.224. The van der Waals surface area contributed by atoms with E-state index in [0.717, 1.165) is 5.56 Å². The van der Waals surface area contributed by atoms with Crippen LogP contribution in [0.2, 0.25) is 5.02 Å². The molecule has 1 aromatic carbocycles. The smallest absolute Gasteiger partial charge is 0.326 e. The Morgan fingerprint density at radius 2 is 2.18 bits per heavy atom. The maximum atomic E-state index is 11.2. The first-order valence-electron chi connectivity index (χ1n) is 5.29. The van der Waals surface area contributed by atoms with Crippen LogP contribution in [0.1, 0.15) is 18.9 Å². The van der Waals surface area contributed by atoms with Gasteiger partial charge in [0.1, 0.15) is 6.04 Å². The Balaban J connectivity index is 2.73. The maximum Gasteiger partial charge on any atom is 0.326 e. The molecule has 1 atom stereocenters. The number of amides is 1. The van der Waals surface area contributed by atoms with Crippen molar-refractivity contribution < 1.29 is 14.7 Å². The van der Waals surface area contributed by atoms with Crippen molar-refractivity contribution in [2.24, 2.45) is 0 Å². The van der Waals surface area contributed by atoms with Gasteiger partial charge in [0.2, 0.25) is 5.91 Å². The number of benzene rings is 1. The van der Waals surface area contributed by atoms with Crippen molar-refractivity contribution in [3.63, 3.8) is 0 Å². The highest BCUT2D eigenvalue weighted by Crippen LogP contribution is 2.12. The summed E-state index contributed by atoms with van der Waals surface area (Å²) in [4.78, 5) is 22.2. The van der Waals surface area contributed by atoms with Gasteiger partial charge in [0.15, 0.2) is 0 Å². The molecule has 0 saturated heterocycles. The van der Waals surface area contributed by atoms with E-state index in [1.165, 1.54) is 0 Å². The van der Waals surface area contributed by atoms with E-state index < -0.39 is 12.0 Å². The number of carboxylic acids is 1. The second-order valence-electron chi connectivity index (χ2n) is 3.65. The van der Waals surface area contributed by atoms with Crippen LogP contribution in [0.3, 0.4) is 0 Å². The molecule has 0 aromatic heterocycles. The van der Waals surface area contributed by atoms with Gasteiger partial charge < -0.3 is 10.4 Å². The van der Waals surface area contributed by atoms with E-state index in [9.17, 15) is 9.59 Å². The zero-order valence-electron chi connectivity index (χ0n) is 9.44. The topological polar surface area (TPSA) is 66.4 Å². The molecule has 1 unspecified atom stereocenters. The summed E-state index contributed by atoms with van der Waals surface area (Å²) in [5.74, 6) is -1.33. The standard InChI is InChI=1S/C12H14ClNO3/c1-2-11(15)14-10(12(16)17)7-8-4-3-5-9(13)6-8/h3-6,10H,2,7H2,1H3,(H,14,15)(H,16,17). The fourth-order valence-electron chi connectivity index (χ4n) is 1.40. The molecule has 1 aromatic rings. The largest absolute Gasteiger partial charge is 0.480 e. The van der Waals surface area contributed by atoms with Gasteiger partial charge in [0, 0.05) is 17.9 Å². The predicted molar refractivity (Wildman–Crippen MR) is 65.0 cm³/mol. The van der Waals surface area contributed by atoms with Crippen molar-refractivity contribution in [1.82, 2.24) is 5.32 Å². The van der Waals surface area contributed by atoms with E-state index >= 15 is 0 Å². The molecule has 17 heavy (non-hydrogen) atoms. The van der Waals surface area contributed by atoms with Crippen LogP contribution in [-0.2, 0) is 16.0 Å². The molecular formula is C12H14ClNO3. The van der Waals surface area contributed by atoms with Crippen molar-refractivity contribution in [2.45, 2.75) is 25.8 Å². The van der Waals surface area contributed by atoms with Gasteiger partial charge in [-0.05, 0) is 17.7 Å². The molecule has 0 aliphatic heterocycles. The van der Waals surface area contributed by atoms with Crippen LogP contribution in [0.5, 0.6) is 0 Å².